The summed E-state index contributed by atoms with van der Waals surface area (Å²) in [6.45, 7) is 4.31. The van der Waals surface area contributed by atoms with Crippen molar-refractivity contribution in [3.63, 3.8) is 0 Å². The van der Waals surface area contributed by atoms with Gasteiger partial charge in [0.25, 0.3) is 11.8 Å². The molecule has 2 saturated heterocycles. The van der Waals surface area contributed by atoms with Crippen LogP contribution in [0.25, 0.3) is 0 Å². The maximum atomic E-state index is 12.7. The zero-order valence-corrected chi connectivity index (χ0v) is 16.6. The van der Waals surface area contributed by atoms with Crippen LogP contribution in [0.15, 0.2) is 29.2 Å². The summed E-state index contributed by atoms with van der Waals surface area (Å²) in [7, 11) is -3.63. The van der Waals surface area contributed by atoms with Gasteiger partial charge < -0.3 is 10.2 Å². The van der Waals surface area contributed by atoms with Crippen LogP contribution in [0.5, 0.6) is 0 Å². The summed E-state index contributed by atoms with van der Waals surface area (Å²) in [6, 6.07) is 5.11. The van der Waals surface area contributed by atoms with E-state index in [2.05, 4.69) is 15.4 Å². The Morgan fingerprint density at radius 1 is 1.21 bits per heavy atom. The van der Waals surface area contributed by atoms with Crippen LogP contribution < -0.4 is 15.4 Å². The first kappa shape index (κ1) is 20.3. The van der Waals surface area contributed by atoms with Crippen molar-refractivity contribution in [3.05, 3.63) is 29.8 Å². The summed E-state index contributed by atoms with van der Waals surface area (Å²) in [5.41, 5.74) is -0.564. The van der Waals surface area contributed by atoms with Crippen molar-refractivity contribution in [2.24, 2.45) is 0 Å². The number of piperidine rings is 1. The number of hydrogen-bond donors (Lipinski definition) is 3. The third-order valence-electron chi connectivity index (χ3n) is 5.30. The Labute approximate surface area is 163 Å². The monoisotopic (exact) mass is 408 g/mol. The lowest BCUT2D eigenvalue weighted by atomic mass is 9.87. The fourth-order valence-corrected chi connectivity index (χ4v) is 4.67. The molecule has 0 aliphatic carbocycles. The van der Waals surface area contributed by atoms with Crippen molar-refractivity contribution in [1.29, 1.82) is 0 Å². The molecule has 4 amide bonds. The van der Waals surface area contributed by atoms with Gasteiger partial charge in [0.15, 0.2) is 0 Å². The molecule has 0 aromatic heterocycles. The number of imide groups is 1. The fourth-order valence-electron chi connectivity index (χ4n) is 3.35. The number of carbonyl (C=O) groups excluding carboxylic acids is 3. The van der Waals surface area contributed by atoms with Crippen LogP contribution >= 0.6 is 0 Å². The van der Waals surface area contributed by atoms with Gasteiger partial charge in [-0.05, 0) is 50.5 Å². The Hall–Kier alpha value is -2.46. The van der Waals surface area contributed by atoms with E-state index >= 15 is 0 Å². The molecule has 10 heteroatoms. The number of nitrogens with zero attached hydrogens (tertiary/aromatic N) is 1. The molecule has 2 aliphatic rings. The van der Waals surface area contributed by atoms with E-state index in [-0.39, 0.29) is 22.8 Å². The van der Waals surface area contributed by atoms with Gasteiger partial charge in [-0.15, -0.1) is 0 Å². The second-order valence-corrected chi connectivity index (χ2v) is 8.95. The molecule has 2 heterocycles. The number of likely N-dealkylation sites (tertiary alicyclic amines) is 1. The van der Waals surface area contributed by atoms with Crippen LogP contribution in [0.3, 0.4) is 0 Å². The third-order valence-corrected chi connectivity index (χ3v) is 6.90. The lowest BCUT2D eigenvalue weighted by molar-refractivity contribution is -0.125. The lowest BCUT2D eigenvalue weighted by Gasteiger charge is -2.37. The van der Waals surface area contributed by atoms with E-state index in [1.807, 2.05) is 6.92 Å². The minimum Gasteiger partial charge on any atom is -0.338 e. The van der Waals surface area contributed by atoms with Crippen molar-refractivity contribution in [3.8, 4) is 0 Å². The van der Waals surface area contributed by atoms with E-state index in [0.717, 1.165) is 0 Å². The van der Waals surface area contributed by atoms with Crippen molar-refractivity contribution in [1.82, 2.24) is 20.3 Å². The zero-order chi connectivity index (χ0) is 20.5. The van der Waals surface area contributed by atoms with Gasteiger partial charge >= 0.3 is 6.03 Å². The van der Waals surface area contributed by atoms with Crippen molar-refractivity contribution in [2.75, 3.05) is 13.1 Å². The molecule has 152 valence electrons. The Kier molecular flexibility index (Phi) is 5.44. The van der Waals surface area contributed by atoms with Crippen LogP contribution in [0, 0.1) is 0 Å². The SMILES string of the molecule is CCC(C)NS(=O)(=O)c1ccc(C(=O)N2CCC3(CC2)NC(=O)NC3=O)cc1. The highest BCUT2D eigenvalue weighted by atomic mass is 32.2. The molecule has 0 radical (unpaired) electrons. The average Bonchev–Trinajstić information content (AvgIpc) is 2.94. The van der Waals surface area contributed by atoms with E-state index in [9.17, 15) is 22.8 Å². The molecule has 2 aliphatic heterocycles. The number of sulfonamides is 1. The molecular formula is C18H24N4O5S. The molecule has 28 heavy (non-hydrogen) atoms. The standard InChI is InChI=1S/C18H24N4O5S/c1-3-12(2)21-28(26,27)14-6-4-13(5-7-14)15(23)22-10-8-18(9-11-22)16(24)19-17(25)20-18/h4-7,12,21H,3,8-11H2,1-2H3,(H2,19,20,24,25). The van der Waals surface area contributed by atoms with Gasteiger partial charge in [-0.25, -0.2) is 17.9 Å². The highest BCUT2D eigenvalue weighted by molar-refractivity contribution is 7.89. The van der Waals surface area contributed by atoms with Gasteiger partial charge in [0.2, 0.25) is 10.0 Å². The summed E-state index contributed by atoms with van der Waals surface area (Å²) >= 11 is 0. The highest BCUT2D eigenvalue weighted by Gasteiger charge is 2.48. The first-order valence-electron chi connectivity index (χ1n) is 9.22. The number of urea groups is 1. The van der Waals surface area contributed by atoms with Crippen LogP contribution in [-0.2, 0) is 14.8 Å². The summed E-state index contributed by atoms with van der Waals surface area (Å²) < 4.78 is 27.2. The molecular weight excluding hydrogens is 384 g/mol. The molecule has 1 aromatic carbocycles. The van der Waals surface area contributed by atoms with Crippen molar-refractivity contribution >= 4 is 27.9 Å². The maximum Gasteiger partial charge on any atom is 0.322 e. The minimum atomic E-state index is -3.63. The number of hydrogen-bond acceptors (Lipinski definition) is 5. The smallest absolute Gasteiger partial charge is 0.322 e. The Morgan fingerprint density at radius 2 is 1.82 bits per heavy atom. The highest BCUT2D eigenvalue weighted by Crippen LogP contribution is 2.26. The van der Waals surface area contributed by atoms with Gasteiger partial charge in [0.1, 0.15) is 5.54 Å². The first-order chi connectivity index (χ1) is 13.2. The maximum absolute atomic E-state index is 12.7. The Bertz CT molecular complexity index is 889. The van der Waals surface area contributed by atoms with Crippen LogP contribution in [0.2, 0.25) is 0 Å². The topological polar surface area (TPSA) is 125 Å². The quantitative estimate of drug-likeness (QED) is 0.615. The lowest BCUT2D eigenvalue weighted by Crippen LogP contribution is -2.55. The summed E-state index contributed by atoms with van der Waals surface area (Å²) in [6.07, 6.45) is 1.34. The molecule has 1 unspecified atom stereocenters. The molecule has 2 fully saturated rings. The van der Waals surface area contributed by atoms with E-state index < -0.39 is 21.6 Å². The molecule has 0 bridgehead atoms. The van der Waals surface area contributed by atoms with Crippen LogP contribution in [0.1, 0.15) is 43.5 Å². The predicted molar refractivity (Wildman–Crippen MR) is 101 cm³/mol. The van der Waals surface area contributed by atoms with E-state index in [1.165, 1.54) is 24.3 Å². The fraction of sp³-hybridized carbons (Fsp3) is 0.500. The first-order valence-corrected chi connectivity index (χ1v) is 10.7. The van der Waals surface area contributed by atoms with Gasteiger partial charge in [-0.3, -0.25) is 14.9 Å². The molecule has 0 saturated carbocycles. The van der Waals surface area contributed by atoms with Crippen molar-refractivity contribution < 1.29 is 22.8 Å². The molecule has 1 atom stereocenters. The largest absolute Gasteiger partial charge is 0.338 e. The third kappa shape index (κ3) is 3.88. The number of amides is 4. The zero-order valence-electron chi connectivity index (χ0n) is 15.8. The summed E-state index contributed by atoms with van der Waals surface area (Å²) in [4.78, 5) is 37.8. The Morgan fingerprint density at radius 3 is 2.32 bits per heavy atom. The molecule has 1 spiro atoms. The minimum absolute atomic E-state index is 0.104. The Balaban J connectivity index is 1.66. The predicted octanol–water partition coefficient (Wildman–Crippen LogP) is 0.578. The van der Waals surface area contributed by atoms with E-state index in [4.69, 9.17) is 0 Å². The number of benzene rings is 1. The van der Waals surface area contributed by atoms with Gasteiger partial charge in [0.05, 0.1) is 4.90 Å². The van der Waals surface area contributed by atoms with E-state index in [0.29, 0.717) is 37.9 Å². The molecule has 3 N–H and O–H groups in total. The molecule has 9 nitrogen and oxygen atoms in total. The van der Waals surface area contributed by atoms with Gasteiger partial charge in [-0.2, -0.15) is 0 Å². The number of carbonyl (C=O) groups is 3. The second kappa shape index (κ2) is 7.51. The molecule has 1 aromatic rings. The number of nitrogens with one attached hydrogen (secondary N) is 3. The molecule has 3 rings (SSSR count). The van der Waals surface area contributed by atoms with Gasteiger partial charge in [-0.1, -0.05) is 6.92 Å². The van der Waals surface area contributed by atoms with Crippen LogP contribution in [-0.4, -0.2) is 55.8 Å². The van der Waals surface area contributed by atoms with Crippen molar-refractivity contribution in [2.45, 2.75) is 49.6 Å². The van der Waals surface area contributed by atoms with Gasteiger partial charge in [0, 0.05) is 24.7 Å². The van der Waals surface area contributed by atoms with Crippen LogP contribution in [0.4, 0.5) is 4.79 Å². The second-order valence-electron chi connectivity index (χ2n) is 7.24. The number of rotatable bonds is 5. The normalized spacial score (nSPS) is 20.0. The average molecular weight is 408 g/mol. The van der Waals surface area contributed by atoms with E-state index in [1.54, 1.807) is 11.8 Å². The summed E-state index contributed by atoms with van der Waals surface area (Å²) in [5, 5.41) is 4.89. The summed E-state index contributed by atoms with van der Waals surface area (Å²) in [5.74, 6) is -0.591.